The molecule has 1 aliphatic carbocycles. The highest BCUT2D eigenvalue weighted by Gasteiger charge is 2.39. The van der Waals surface area contributed by atoms with Crippen molar-refractivity contribution < 1.29 is 0 Å². The predicted molar refractivity (Wildman–Crippen MR) is 73.0 cm³/mol. The van der Waals surface area contributed by atoms with Gasteiger partial charge in [0.1, 0.15) is 7.85 Å². The average Bonchev–Trinajstić information content (AvgIpc) is 2.47. The molecule has 0 spiro atoms. The van der Waals surface area contributed by atoms with E-state index in [4.69, 9.17) is 0 Å². The summed E-state index contributed by atoms with van der Waals surface area (Å²) >= 11 is 0. The van der Waals surface area contributed by atoms with Crippen molar-refractivity contribution in [1.29, 1.82) is 0 Å². The molecule has 0 amide bonds. The molecular formula is C13H25BN2. The van der Waals surface area contributed by atoms with Crippen LogP contribution in [0.4, 0.5) is 0 Å². The van der Waals surface area contributed by atoms with Gasteiger partial charge in [0, 0.05) is 26.6 Å². The highest BCUT2D eigenvalue weighted by atomic mass is 15.2. The Balaban J connectivity index is 2.15. The molecule has 0 aromatic rings. The number of aliphatic imine (C=N–C) groups is 1. The quantitative estimate of drug-likeness (QED) is 0.571. The molecule has 3 unspecified atom stereocenters. The summed E-state index contributed by atoms with van der Waals surface area (Å²) in [6.45, 7) is 2.44. The van der Waals surface area contributed by atoms with Crippen molar-refractivity contribution in [2.45, 2.75) is 56.8 Å². The second-order valence-electron chi connectivity index (χ2n) is 6.40. The largest absolute Gasteiger partial charge is 0.360 e. The molecule has 2 rings (SSSR count). The fourth-order valence-corrected chi connectivity index (χ4v) is 3.68. The lowest BCUT2D eigenvalue weighted by molar-refractivity contribution is 0.235. The number of amidine groups is 1. The van der Waals surface area contributed by atoms with E-state index in [0.29, 0.717) is 5.31 Å². The molecular weight excluding hydrogens is 195 g/mol. The average molecular weight is 220 g/mol. The second kappa shape index (κ2) is 4.42. The molecule has 0 N–H and O–H groups in total. The van der Waals surface area contributed by atoms with Crippen LogP contribution in [0.15, 0.2) is 4.99 Å². The van der Waals surface area contributed by atoms with Crippen molar-refractivity contribution in [3.63, 3.8) is 0 Å². The standard InChI is InChI=1S/C13H25BN2/c1-13(14)7-5-4-6-11-10(9-13)8-12(15-2)16(11)3/h10-11H,4-9,14H2,1-3H3/b15-12-. The van der Waals surface area contributed by atoms with E-state index in [1.807, 2.05) is 7.05 Å². The lowest BCUT2D eigenvalue weighted by atomic mass is 9.60. The molecule has 2 aliphatic rings. The van der Waals surface area contributed by atoms with E-state index in [0.717, 1.165) is 12.0 Å². The maximum Gasteiger partial charge on any atom is 0.109 e. The van der Waals surface area contributed by atoms with Crippen molar-refractivity contribution in [1.82, 2.24) is 4.90 Å². The van der Waals surface area contributed by atoms with E-state index in [-0.39, 0.29) is 0 Å². The van der Waals surface area contributed by atoms with Gasteiger partial charge in [0.2, 0.25) is 0 Å². The van der Waals surface area contributed by atoms with Gasteiger partial charge >= 0.3 is 0 Å². The predicted octanol–water partition coefficient (Wildman–Crippen LogP) is 2.11. The number of hydrogen-bond acceptors (Lipinski definition) is 1. The maximum atomic E-state index is 4.44. The summed E-state index contributed by atoms with van der Waals surface area (Å²) < 4.78 is 0. The van der Waals surface area contributed by atoms with Gasteiger partial charge in [-0.15, -0.1) is 0 Å². The Hall–Kier alpha value is -0.465. The van der Waals surface area contributed by atoms with Crippen LogP contribution in [0.1, 0.15) is 45.4 Å². The topological polar surface area (TPSA) is 15.6 Å². The molecule has 1 saturated heterocycles. The summed E-state index contributed by atoms with van der Waals surface area (Å²) in [6.07, 6.45) is 8.16. The molecule has 2 nitrogen and oxygen atoms in total. The normalized spacial score (nSPS) is 42.9. The minimum absolute atomic E-state index is 0.535. The second-order valence-corrected chi connectivity index (χ2v) is 6.40. The third kappa shape index (κ3) is 2.28. The number of likely N-dealkylation sites (tertiary alicyclic amines) is 1. The molecule has 3 atom stereocenters. The number of hydrogen-bond donors (Lipinski definition) is 0. The molecule has 0 aromatic heterocycles. The first-order valence-electron chi connectivity index (χ1n) is 6.72. The van der Waals surface area contributed by atoms with Crippen molar-refractivity contribution in [3.8, 4) is 0 Å². The van der Waals surface area contributed by atoms with Crippen LogP contribution in [0.5, 0.6) is 0 Å². The van der Waals surface area contributed by atoms with E-state index in [2.05, 4.69) is 31.7 Å². The smallest absolute Gasteiger partial charge is 0.109 e. The summed E-state index contributed by atoms with van der Waals surface area (Å²) in [5, 5.41) is 0.535. The van der Waals surface area contributed by atoms with E-state index in [9.17, 15) is 0 Å². The third-order valence-electron chi connectivity index (χ3n) is 4.57. The first-order valence-corrected chi connectivity index (χ1v) is 6.72. The number of nitrogens with zero attached hydrogens (tertiary/aromatic N) is 2. The highest BCUT2D eigenvalue weighted by molar-refractivity contribution is 6.14. The van der Waals surface area contributed by atoms with Gasteiger partial charge in [-0.25, -0.2) is 0 Å². The van der Waals surface area contributed by atoms with Crippen LogP contribution in [0.25, 0.3) is 0 Å². The first-order chi connectivity index (χ1) is 7.53. The lowest BCUT2D eigenvalue weighted by Gasteiger charge is -2.35. The van der Waals surface area contributed by atoms with Crippen LogP contribution in [-0.4, -0.2) is 38.7 Å². The Labute approximate surface area is 101 Å². The van der Waals surface area contributed by atoms with Gasteiger partial charge < -0.3 is 4.90 Å². The molecule has 1 heterocycles. The Morgan fingerprint density at radius 3 is 2.88 bits per heavy atom. The Morgan fingerprint density at radius 2 is 2.19 bits per heavy atom. The van der Waals surface area contributed by atoms with Crippen LogP contribution < -0.4 is 0 Å². The van der Waals surface area contributed by atoms with Gasteiger partial charge in [0.25, 0.3) is 0 Å². The van der Waals surface area contributed by atoms with Gasteiger partial charge in [-0.2, -0.15) is 0 Å². The maximum absolute atomic E-state index is 4.44. The first kappa shape index (κ1) is 12.0. The van der Waals surface area contributed by atoms with Gasteiger partial charge in [-0.3, -0.25) is 4.99 Å². The molecule has 0 aromatic carbocycles. The number of rotatable bonds is 0. The Bertz CT molecular complexity index is 286. The van der Waals surface area contributed by atoms with Crippen molar-refractivity contribution in [2.24, 2.45) is 10.9 Å². The van der Waals surface area contributed by atoms with E-state index in [1.165, 1.54) is 44.4 Å². The van der Waals surface area contributed by atoms with Crippen LogP contribution in [0.3, 0.4) is 0 Å². The molecule has 90 valence electrons. The fraction of sp³-hybridized carbons (Fsp3) is 0.923. The molecule has 0 bridgehead atoms. The number of fused-ring (bicyclic) bond motifs is 1. The fourth-order valence-electron chi connectivity index (χ4n) is 3.68. The van der Waals surface area contributed by atoms with E-state index >= 15 is 0 Å². The highest BCUT2D eigenvalue weighted by Crippen LogP contribution is 2.44. The van der Waals surface area contributed by atoms with Crippen LogP contribution in [-0.2, 0) is 0 Å². The Kier molecular flexibility index (Phi) is 3.32. The summed E-state index contributed by atoms with van der Waals surface area (Å²) in [7, 11) is 6.62. The minimum Gasteiger partial charge on any atom is -0.360 e. The van der Waals surface area contributed by atoms with Crippen molar-refractivity contribution >= 4 is 13.7 Å². The van der Waals surface area contributed by atoms with Gasteiger partial charge in [0.05, 0.1) is 5.84 Å². The van der Waals surface area contributed by atoms with Crippen LogP contribution in [0.2, 0.25) is 5.31 Å². The van der Waals surface area contributed by atoms with Crippen molar-refractivity contribution in [2.75, 3.05) is 14.1 Å². The zero-order valence-corrected chi connectivity index (χ0v) is 11.3. The zero-order valence-electron chi connectivity index (χ0n) is 11.3. The molecule has 2 fully saturated rings. The molecule has 0 radical (unpaired) electrons. The van der Waals surface area contributed by atoms with Crippen LogP contribution >= 0.6 is 0 Å². The molecule has 16 heavy (non-hydrogen) atoms. The summed E-state index contributed by atoms with van der Waals surface area (Å²) in [5.41, 5.74) is 0. The van der Waals surface area contributed by atoms with Gasteiger partial charge in [-0.1, -0.05) is 31.5 Å². The van der Waals surface area contributed by atoms with Gasteiger partial charge in [-0.05, 0) is 18.8 Å². The molecule has 1 aliphatic heterocycles. The van der Waals surface area contributed by atoms with Crippen LogP contribution in [0, 0.1) is 5.92 Å². The molecule has 3 heteroatoms. The Morgan fingerprint density at radius 1 is 1.44 bits per heavy atom. The van der Waals surface area contributed by atoms with Gasteiger partial charge in [0.15, 0.2) is 0 Å². The van der Waals surface area contributed by atoms with E-state index in [1.54, 1.807) is 0 Å². The summed E-state index contributed by atoms with van der Waals surface area (Å²) in [6, 6.07) is 0.762. The third-order valence-corrected chi connectivity index (χ3v) is 4.57. The van der Waals surface area contributed by atoms with E-state index < -0.39 is 0 Å². The lowest BCUT2D eigenvalue weighted by Crippen LogP contribution is -2.33. The zero-order chi connectivity index (χ0) is 11.8. The molecule has 1 saturated carbocycles. The summed E-state index contributed by atoms with van der Waals surface area (Å²) in [5.74, 6) is 2.17. The monoisotopic (exact) mass is 220 g/mol. The SMILES string of the molecule is BC1(C)CCCCC2C(C/C(=N/C)N2C)C1. The van der Waals surface area contributed by atoms with Crippen molar-refractivity contribution in [3.05, 3.63) is 0 Å². The summed E-state index contributed by atoms with van der Waals surface area (Å²) in [4.78, 5) is 6.89. The minimum atomic E-state index is 0.535.